The first-order valence-electron chi connectivity index (χ1n) is 10.4. The predicted molar refractivity (Wildman–Crippen MR) is 123 cm³/mol. The van der Waals surface area contributed by atoms with Crippen LogP contribution < -0.4 is 0 Å². The van der Waals surface area contributed by atoms with E-state index in [0.717, 1.165) is 39.2 Å². The minimum atomic E-state index is -0.255. The number of carbonyl (C=O) groups is 1. The van der Waals surface area contributed by atoms with Crippen LogP contribution in [0.2, 0.25) is 0 Å². The molecule has 0 aliphatic heterocycles. The van der Waals surface area contributed by atoms with Gasteiger partial charge in [-0.3, -0.25) is 4.90 Å². The Morgan fingerprint density at radius 3 is 2.61 bits per heavy atom. The van der Waals surface area contributed by atoms with E-state index in [1.807, 2.05) is 37.1 Å². The van der Waals surface area contributed by atoms with E-state index in [1.54, 1.807) is 36.0 Å². The van der Waals surface area contributed by atoms with Crippen LogP contribution in [0.5, 0.6) is 0 Å². The van der Waals surface area contributed by atoms with Crippen molar-refractivity contribution in [1.82, 2.24) is 4.90 Å². The van der Waals surface area contributed by atoms with Crippen molar-refractivity contribution in [3.05, 3.63) is 95.1 Å². The summed E-state index contributed by atoms with van der Waals surface area (Å²) < 4.78 is 27.7. The summed E-state index contributed by atoms with van der Waals surface area (Å²) in [6.45, 7) is 2.27. The zero-order valence-corrected chi connectivity index (χ0v) is 18.7. The second-order valence-electron chi connectivity index (χ2n) is 7.54. The molecule has 0 N–H and O–H groups in total. The summed E-state index contributed by atoms with van der Waals surface area (Å²) in [5.74, 6) is -0.486. The van der Waals surface area contributed by atoms with E-state index in [-0.39, 0.29) is 17.7 Å². The molecule has 2 aromatic carbocycles. The van der Waals surface area contributed by atoms with E-state index in [4.69, 9.17) is 0 Å². The molecule has 31 heavy (non-hydrogen) atoms. The molecular weight excluding hydrogens is 412 g/mol. The molecule has 0 bridgehead atoms. The zero-order chi connectivity index (χ0) is 22.2. The largest absolute Gasteiger partial charge is 0.302 e. The number of likely N-dealkylation sites (N-methyl/N-ethyl adjacent to an activating group) is 1. The number of carbonyl (C=O) groups excluding carboxylic acids is 1. The van der Waals surface area contributed by atoms with E-state index in [0.29, 0.717) is 19.4 Å². The quantitative estimate of drug-likeness (QED) is 0.436. The van der Waals surface area contributed by atoms with Crippen molar-refractivity contribution < 1.29 is 13.6 Å². The Balaban J connectivity index is 1.90. The third-order valence-electron chi connectivity index (χ3n) is 5.44. The van der Waals surface area contributed by atoms with Crippen LogP contribution in [0.4, 0.5) is 8.78 Å². The molecule has 1 atom stereocenters. The molecule has 2 nitrogen and oxygen atoms in total. The molecule has 3 rings (SSSR count). The van der Waals surface area contributed by atoms with Gasteiger partial charge in [0, 0.05) is 15.8 Å². The Kier molecular flexibility index (Phi) is 8.38. The SMILES string of the molecule is C/C=C(\Cc1ccccc1Sc1ccc(F)cc1)C1=CC(F)=CCCC1N(C)CC=O. The van der Waals surface area contributed by atoms with Gasteiger partial charge in [0.05, 0.1) is 6.54 Å². The highest BCUT2D eigenvalue weighted by Gasteiger charge is 2.24. The second-order valence-corrected chi connectivity index (χ2v) is 8.66. The number of benzene rings is 2. The lowest BCUT2D eigenvalue weighted by Crippen LogP contribution is -2.35. The molecule has 1 unspecified atom stereocenters. The molecule has 0 saturated carbocycles. The van der Waals surface area contributed by atoms with Crippen LogP contribution in [-0.2, 0) is 11.2 Å². The summed E-state index contributed by atoms with van der Waals surface area (Å²) in [5.41, 5.74) is 3.08. The van der Waals surface area contributed by atoms with E-state index in [9.17, 15) is 13.6 Å². The maximum atomic E-state index is 14.4. The maximum Gasteiger partial charge on any atom is 0.133 e. The standard InChI is InChI=1S/C26H27F2NOS/c1-3-19(24-18-22(28)8-6-9-25(24)29(2)15-16-30)17-20-7-4-5-10-26(20)31-23-13-11-21(27)12-14-23/h3-5,7-8,10-14,16,18,25H,6,9,15,17H2,1-2H3/b19-3+. The fraction of sp³-hybridized carbons (Fsp3) is 0.269. The van der Waals surface area contributed by atoms with Crippen LogP contribution in [0.25, 0.3) is 0 Å². The topological polar surface area (TPSA) is 20.3 Å². The average molecular weight is 440 g/mol. The van der Waals surface area contributed by atoms with Crippen molar-refractivity contribution in [3.63, 3.8) is 0 Å². The van der Waals surface area contributed by atoms with Gasteiger partial charge in [0.2, 0.25) is 0 Å². The highest BCUT2D eigenvalue weighted by molar-refractivity contribution is 7.99. The summed E-state index contributed by atoms with van der Waals surface area (Å²) >= 11 is 1.59. The highest BCUT2D eigenvalue weighted by atomic mass is 32.2. The van der Waals surface area contributed by atoms with Gasteiger partial charge < -0.3 is 4.79 Å². The van der Waals surface area contributed by atoms with Gasteiger partial charge in [-0.05, 0) is 92.4 Å². The van der Waals surface area contributed by atoms with Crippen molar-refractivity contribution in [2.45, 2.75) is 42.0 Å². The first kappa shape index (κ1) is 23.2. The Morgan fingerprint density at radius 1 is 1.16 bits per heavy atom. The molecule has 1 aliphatic rings. The number of hydrogen-bond acceptors (Lipinski definition) is 3. The Bertz CT molecular complexity index is 995. The van der Waals surface area contributed by atoms with Gasteiger partial charge in [0.25, 0.3) is 0 Å². The molecule has 0 saturated heterocycles. The smallest absolute Gasteiger partial charge is 0.133 e. The number of rotatable bonds is 8. The minimum absolute atomic E-state index is 0.0298. The van der Waals surface area contributed by atoms with Gasteiger partial charge in [-0.2, -0.15) is 0 Å². The second kappa shape index (κ2) is 11.2. The van der Waals surface area contributed by atoms with Crippen molar-refractivity contribution in [2.75, 3.05) is 13.6 Å². The average Bonchev–Trinajstić information content (AvgIpc) is 2.96. The molecule has 0 amide bonds. The first-order valence-corrected chi connectivity index (χ1v) is 11.2. The highest BCUT2D eigenvalue weighted by Crippen LogP contribution is 2.34. The summed E-state index contributed by atoms with van der Waals surface area (Å²) in [6, 6.07) is 14.5. The van der Waals surface area contributed by atoms with Gasteiger partial charge in [0.15, 0.2) is 0 Å². The Hall–Kier alpha value is -2.50. The van der Waals surface area contributed by atoms with Crippen LogP contribution in [0.15, 0.2) is 93.5 Å². The van der Waals surface area contributed by atoms with Crippen molar-refractivity contribution in [2.24, 2.45) is 0 Å². The molecule has 2 aromatic rings. The molecule has 162 valence electrons. The summed E-state index contributed by atoms with van der Waals surface area (Å²) in [5, 5.41) is 0. The van der Waals surface area contributed by atoms with Crippen molar-refractivity contribution in [1.29, 1.82) is 0 Å². The van der Waals surface area contributed by atoms with Crippen LogP contribution in [-0.4, -0.2) is 30.8 Å². The minimum Gasteiger partial charge on any atom is -0.302 e. The molecule has 5 heteroatoms. The molecular formula is C26H27F2NOS. The van der Waals surface area contributed by atoms with Crippen LogP contribution in [0, 0.1) is 5.82 Å². The molecule has 0 heterocycles. The molecule has 1 aliphatic carbocycles. The summed E-state index contributed by atoms with van der Waals surface area (Å²) in [7, 11) is 1.90. The Labute approximate surface area is 187 Å². The van der Waals surface area contributed by atoms with Crippen LogP contribution in [0.1, 0.15) is 25.3 Å². The lowest BCUT2D eigenvalue weighted by atomic mass is 9.90. The van der Waals surface area contributed by atoms with E-state index < -0.39 is 0 Å². The normalized spacial score (nSPS) is 17.2. The lowest BCUT2D eigenvalue weighted by molar-refractivity contribution is -0.108. The molecule has 0 spiro atoms. The number of hydrogen-bond donors (Lipinski definition) is 0. The number of aldehydes is 1. The van der Waals surface area contributed by atoms with Gasteiger partial charge in [0.1, 0.15) is 17.9 Å². The van der Waals surface area contributed by atoms with E-state index >= 15 is 0 Å². The summed E-state index contributed by atoms with van der Waals surface area (Å²) in [4.78, 5) is 15.1. The third-order valence-corrected chi connectivity index (χ3v) is 6.57. The number of allylic oxidation sites excluding steroid dienone is 4. The predicted octanol–water partition coefficient (Wildman–Crippen LogP) is 6.54. The monoisotopic (exact) mass is 439 g/mol. The fourth-order valence-corrected chi connectivity index (χ4v) is 4.75. The van der Waals surface area contributed by atoms with Crippen molar-refractivity contribution in [3.8, 4) is 0 Å². The zero-order valence-electron chi connectivity index (χ0n) is 17.9. The third kappa shape index (κ3) is 6.25. The van der Waals surface area contributed by atoms with Gasteiger partial charge in [-0.25, -0.2) is 8.78 Å². The number of nitrogens with zero attached hydrogens (tertiary/aromatic N) is 1. The van der Waals surface area contributed by atoms with E-state index in [1.165, 1.54) is 12.1 Å². The molecule has 0 radical (unpaired) electrons. The van der Waals surface area contributed by atoms with Crippen LogP contribution in [0.3, 0.4) is 0 Å². The van der Waals surface area contributed by atoms with Gasteiger partial charge in [-0.15, -0.1) is 0 Å². The maximum absolute atomic E-state index is 14.4. The lowest BCUT2D eigenvalue weighted by Gasteiger charge is -2.29. The fourth-order valence-electron chi connectivity index (χ4n) is 3.80. The molecule has 0 aromatic heterocycles. The van der Waals surface area contributed by atoms with E-state index in [2.05, 4.69) is 12.1 Å². The van der Waals surface area contributed by atoms with Gasteiger partial charge in [-0.1, -0.05) is 36.0 Å². The first-order chi connectivity index (χ1) is 15.0. The van der Waals surface area contributed by atoms with Crippen LogP contribution >= 0.6 is 11.8 Å². The Morgan fingerprint density at radius 2 is 1.90 bits per heavy atom. The molecule has 0 fully saturated rings. The van der Waals surface area contributed by atoms with Crippen molar-refractivity contribution >= 4 is 18.0 Å². The summed E-state index contributed by atoms with van der Waals surface area (Å²) in [6.07, 6.45) is 8.18. The van der Waals surface area contributed by atoms with Gasteiger partial charge >= 0.3 is 0 Å². The number of halogens is 2.